The van der Waals surface area contributed by atoms with Crippen LogP contribution in [-0.4, -0.2) is 29.1 Å². The first-order chi connectivity index (χ1) is 9.78. The maximum atomic E-state index is 11.5. The van der Waals surface area contributed by atoms with Gasteiger partial charge >= 0.3 is 5.97 Å². The van der Waals surface area contributed by atoms with Gasteiger partial charge in [0.15, 0.2) is 0 Å². The van der Waals surface area contributed by atoms with Crippen LogP contribution in [0.1, 0.15) is 25.7 Å². The highest BCUT2D eigenvalue weighted by molar-refractivity contribution is 7.16. The predicted molar refractivity (Wildman–Crippen MR) is 78.8 cm³/mol. The van der Waals surface area contributed by atoms with E-state index in [0.717, 1.165) is 41.7 Å². The number of hydrogen-bond donors (Lipinski definition) is 1. The van der Waals surface area contributed by atoms with Crippen molar-refractivity contribution in [3.8, 4) is 0 Å². The molecule has 2 aromatic rings. The van der Waals surface area contributed by atoms with E-state index >= 15 is 0 Å². The molecule has 0 aliphatic heterocycles. The molecule has 5 nitrogen and oxygen atoms in total. The van der Waals surface area contributed by atoms with Gasteiger partial charge in [0, 0.05) is 6.04 Å². The van der Waals surface area contributed by atoms with Gasteiger partial charge in [0.2, 0.25) is 0 Å². The highest BCUT2D eigenvalue weighted by Gasteiger charge is 2.27. The molecule has 1 aliphatic carbocycles. The lowest BCUT2D eigenvalue weighted by Crippen LogP contribution is -2.30. The van der Waals surface area contributed by atoms with Crippen LogP contribution in [0.5, 0.6) is 0 Å². The molecule has 2 aromatic heterocycles. The Kier molecular flexibility index (Phi) is 3.82. The van der Waals surface area contributed by atoms with Crippen molar-refractivity contribution < 1.29 is 9.53 Å². The highest BCUT2D eigenvalue weighted by Crippen LogP contribution is 2.29. The smallest absolute Gasteiger partial charge is 0.308 e. The Morgan fingerprint density at radius 3 is 2.90 bits per heavy atom. The first-order valence-electron chi connectivity index (χ1n) is 6.80. The average Bonchev–Trinajstić information content (AvgIpc) is 2.97. The Morgan fingerprint density at radius 1 is 1.35 bits per heavy atom. The molecule has 1 fully saturated rings. The van der Waals surface area contributed by atoms with Crippen LogP contribution in [0.2, 0.25) is 0 Å². The van der Waals surface area contributed by atoms with E-state index in [2.05, 4.69) is 15.3 Å². The predicted octanol–water partition coefficient (Wildman–Crippen LogP) is 2.84. The minimum absolute atomic E-state index is 0.0598. The molecule has 0 radical (unpaired) electrons. The summed E-state index contributed by atoms with van der Waals surface area (Å²) in [6.45, 7) is 0. The van der Waals surface area contributed by atoms with Gasteiger partial charge in [0.05, 0.1) is 18.4 Å². The molecule has 3 rings (SSSR count). The Bertz CT molecular complexity index is 605. The molecule has 1 saturated carbocycles. The maximum absolute atomic E-state index is 11.5. The molecule has 0 amide bonds. The molecule has 6 heteroatoms. The second-order valence-electron chi connectivity index (χ2n) is 5.08. The molecule has 106 valence electrons. The Morgan fingerprint density at radius 2 is 2.15 bits per heavy atom. The summed E-state index contributed by atoms with van der Waals surface area (Å²) in [7, 11) is 1.46. The molecule has 0 aromatic carbocycles. The van der Waals surface area contributed by atoms with E-state index in [9.17, 15) is 4.79 Å². The van der Waals surface area contributed by atoms with Crippen LogP contribution in [0, 0.1) is 5.92 Å². The molecule has 0 atom stereocenters. The summed E-state index contributed by atoms with van der Waals surface area (Å²) in [5, 5.41) is 6.59. The molecular weight excluding hydrogens is 274 g/mol. The highest BCUT2D eigenvalue weighted by atomic mass is 32.1. The number of hydrogen-bond acceptors (Lipinski definition) is 6. The van der Waals surface area contributed by atoms with Crippen molar-refractivity contribution in [2.24, 2.45) is 5.92 Å². The molecule has 1 N–H and O–H groups in total. The van der Waals surface area contributed by atoms with Gasteiger partial charge in [-0.2, -0.15) is 0 Å². The van der Waals surface area contributed by atoms with E-state index in [4.69, 9.17) is 4.74 Å². The number of carbonyl (C=O) groups is 1. The summed E-state index contributed by atoms with van der Waals surface area (Å²) >= 11 is 1.62. The van der Waals surface area contributed by atoms with E-state index in [0.29, 0.717) is 6.04 Å². The third-order valence-electron chi connectivity index (χ3n) is 3.86. The summed E-state index contributed by atoms with van der Waals surface area (Å²) in [6, 6.07) is 2.41. The third-order valence-corrected chi connectivity index (χ3v) is 4.69. The Hall–Kier alpha value is -1.69. The zero-order chi connectivity index (χ0) is 13.9. The number of thiophene rings is 1. The fraction of sp³-hybridized carbons (Fsp3) is 0.500. The molecule has 20 heavy (non-hydrogen) atoms. The normalized spacial score (nSPS) is 22.6. The van der Waals surface area contributed by atoms with E-state index in [1.165, 1.54) is 7.11 Å². The van der Waals surface area contributed by atoms with Gasteiger partial charge in [-0.1, -0.05) is 0 Å². The summed E-state index contributed by atoms with van der Waals surface area (Å²) in [5.41, 5.74) is 0. The van der Waals surface area contributed by atoms with Gasteiger partial charge in [-0.15, -0.1) is 11.3 Å². The minimum atomic E-state index is -0.0780. The topological polar surface area (TPSA) is 64.1 Å². The number of fused-ring (bicyclic) bond motifs is 1. The zero-order valence-electron chi connectivity index (χ0n) is 11.3. The lowest BCUT2D eigenvalue weighted by atomic mass is 9.86. The van der Waals surface area contributed by atoms with Crippen molar-refractivity contribution in [2.45, 2.75) is 31.7 Å². The van der Waals surface area contributed by atoms with Crippen LogP contribution in [0.25, 0.3) is 10.2 Å². The van der Waals surface area contributed by atoms with E-state index in [1.54, 1.807) is 17.7 Å². The van der Waals surface area contributed by atoms with E-state index in [1.807, 2.05) is 11.4 Å². The van der Waals surface area contributed by atoms with Crippen LogP contribution in [0.3, 0.4) is 0 Å². The van der Waals surface area contributed by atoms with Gasteiger partial charge in [-0.25, -0.2) is 9.97 Å². The number of ether oxygens (including phenoxy) is 1. The van der Waals surface area contributed by atoms with Crippen molar-refractivity contribution in [3.63, 3.8) is 0 Å². The molecule has 2 heterocycles. The third kappa shape index (κ3) is 2.60. The number of nitrogens with zero attached hydrogens (tertiary/aromatic N) is 2. The van der Waals surface area contributed by atoms with Gasteiger partial charge < -0.3 is 10.1 Å². The number of esters is 1. The van der Waals surface area contributed by atoms with Crippen molar-refractivity contribution in [1.82, 2.24) is 9.97 Å². The fourth-order valence-electron chi connectivity index (χ4n) is 2.74. The van der Waals surface area contributed by atoms with Gasteiger partial charge in [0.1, 0.15) is 17.0 Å². The lowest BCUT2D eigenvalue weighted by Gasteiger charge is -2.28. The van der Waals surface area contributed by atoms with Crippen molar-refractivity contribution in [1.29, 1.82) is 0 Å². The van der Waals surface area contributed by atoms with Crippen LogP contribution in [-0.2, 0) is 9.53 Å². The molecule has 0 spiro atoms. The second kappa shape index (κ2) is 5.75. The lowest BCUT2D eigenvalue weighted by molar-refractivity contribution is -0.146. The van der Waals surface area contributed by atoms with E-state index in [-0.39, 0.29) is 11.9 Å². The van der Waals surface area contributed by atoms with Gasteiger partial charge in [-0.05, 0) is 37.1 Å². The number of anilines is 1. The molecular formula is C14H17N3O2S. The Balaban J connectivity index is 1.65. The SMILES string of the molecule is COC(=O)C1CCC(Nc2ncnc3sccc23)CC1. The summed E-state index contributed by atoms with van der Waals surface area (Å²) < 4.78 is 4.81. The second-order valence-corrected chi connectivity index (χ2v) is 5.97. The monoisotopic (exact) mass is 291 g/mol. The maximum Gasteiger partial charge on any atom is 0.308 e. The van der Waals surface area contributed by atoms with E-state index < -0.39 is 0 Å². The standard InChI is InChI=1S/C14H17N3O2S/c1-19-14(18)9-2-4-10(5-3-9)17-12-11-6-7-20-13(11)16-8-15-12/h6-10H,2-5H2,1H3,(H,15,16,17). The molecule has 0 bridgehead atoms. The zero-order valence-corrected chi connectivity index (χ0v) is 12.2. The number of methoxy groups -OCH3 is 1. The van der Waals surface area contributed by atoms with Crippen LogP contribution in [0.4, 0.5) is 5.82 Å². The van der Waals surface area contributed by atoms with Crippen molar-refractivity contribution in [3.05, 3.63) is 17.8 Å². The summed E-state index contributed by atoms with van der Waals surface area (Å²) in [5.74, 6) is 0.882. The number of aromatic nitrogens is 2. The first-order valence-corrected chi connectivity index (χ1v) is 7.68. The van der Waals surface area contributed by atoms with Crippen molar-refractivity contribution in [2.75, 3.05) is 12.4 Å². The fourth-order valence-corrected chi connectivity index (χ4v) is 3.47. The Labute approximate surface area is 121 Å². The summed E-state index contributed by atoms with van der Waals surface area (Å²) in [4.78, 5) is 21.1. The van der Waals surface area contributed by atoms with Crippen LogP contribution < -0.4 is 5.32 Å². The van der Waals surface area contributed by atoms with Crippen LogP contribution >= 0.6 is 11.3 Å². The first kappa shape index (κ1) is 13.3. The van der Waals surface area contributed by atoms with Gasteiger partial charge in [0.25, 0.3) is 0 Å². The number of carbonyl (C=O) groups excluding carboxylic acids is 1. The molecule has 0 unspecified atom stereocenters. The molecule has 1 aliphatic rings. The number of nitrogens with one attached hydrogen (secondary N) is 1. The summed E-state index contributed by atoms with van der Waals surface area (Å²) in [6.07, 6.45) is 5.29. The quantitative estimate of drug-likeness (QED) is 0.881. The molecule has 0 saturated heterocycles. The average molecular weight is 291 g/mol. The van der Waals surface area contributed by atoms with Gasteiger partial charge in [-0.3, -0.25) is 4.79 Å². The van der Waals surface area contributed by atoms with Crippen molar-refractivity contribution >= 4 is 33.3 Å². The minimum Gasteiger partial charge on any atom is -0.469 e. The largest absolute Gasteiger partial charge is 0.469 e. The van der Waals surface area contributed by atoms with Crippen LogP contribution in [0.15, 0.2) is 17.8 Å². The number of rotatable bonds is 3.